The Morgan fingerprint density at radius 2 is 1.75 bits per heavy atom. The molecule has 2 rings (SSSR count). The number of nitrogens with zero attached hydrogens (tertiary/aromatic N) is 2. The summed E-state index contributed by atoms with van der Waals surface area (Å²) in [7, 11) is -4.29. The first-order valence-corrected chi connectivity index (χ1v) is 10.2. The molecule has 0 aliphatic heterocycles. The zero-order chi connectivity index (χ0) is 20.9. The van der Waals surface area contributed by atoms with Crippen LogP contribution >= 0.6 is 0 Å². The lowest BCUT2D eigenvalue weighted by atomic mass is 10.0. The second-order valence-electron chi connectivity index (χ2n) is 6.51. The van der Waals surface area contributed by atoms with Crippen molar-refractivity contribution >= 4 is 27.4 Å². The third kappa shape index (κ3) is 4.66. The van der Waals surface area contributed by atoms with Crippen LogP contribution < -0.4 is 4.31 Å². The zero-order valence-electron chi connectivity index (χ0n) is 15.6. The molecule has 0 radical (unpaired) electrons. The smallest absolute Gasteiger partial charge is 0.303 e. The second kappa shape index (κ2) is 8.83. The third-order valence-corrected chi connectivity index (χ3v) is 6.07. The molecule has 150 valence electrons. The van der Waals surface area contributed by atoms with Gasteiger partial charge in [-0.1, -0.05) is 44.2 Å². The number of benzene rings is 2. The summed E-state index contributed by atoms with van der Waals surface area (Å²) in [6, 6.07) is 12.0. The molecule has 9 heteroatoms. The van der Waals surface area contributed by atoms with Crippen molar-refractivity contribution in [3.05, 3.63) is 64.2 Å². The number of carboxylic acid groups (broad SMARTS) is 1. The van der Waals surface area contributed by atoms with E-state index in [-0.39, 0.29) is 25.3 Å². The third-order valence-electron chi connectivity index (χ3n) is 4.21. The average molecular weight is 406 g/mol. The molecule has 0 bridgehead atoms. The lowest BCUT2D eigenvalue weighted by molar-refractivity contribution is -0.387. The Morgan fingerprint density at radius 1 is 1.14 bits per heavy atom. The highest BCUT2D eigenvalue weighted by molar-refractivity contribution is 7.93. The van der Waals surface area contributed by atoms with Crippen molar-refractivity contribution < 1.29 is 23.2 Å². The minimum absolute atomic E-state index is 0.000803. The normalized spacial score (nSPS) is 11.4. The first kappa shape index (κ1) is 21.4. The highest BCUT2D eigenvalue weighted by Crippen LogP contribution is 2.34. The van der Waals surface area contributed by atoms with Crippen molar-refractivity contribution in [2.24, 2.45) is 0 Å². The van der Waals surface area contributed by atoms with Crippen LogP contribution in [0.3, 0.4) is 0 Å². The van der Waals surface area contributed by atoms with E-state index in [9.17, 15) is 23.3 Å². The van der Waals surface area contributed by atoms with Gasteiger partial charge in [-0.25, -0.2) is 8.42 Å². The molecule has 2 aromatic carbocycles. The van der Waals surface area contributed by atoms with E-state index < -0.39 is 31.5 Å². The Labute approximate surface area is 163 Å². The first-order chi connectivity index (χ1) is 13.2. The number of rotatable bonds is 9. The number of hydrogen-bond acceptors (Lipinski definition) is 5. The number of carboxylic acids is 1. The predicted octanol–water partition coefficient (Wildman–Crippen LogP) is 3.78. The van der Waals surface area contributed by atoms with Crippen molar-refractivity contribution in [1.82, 2.24) is 0 Å². The average Bonchev–Trinajstić information content (AvgIpc) is 2.64. The second-order valence-corrected chi connectivity index (χ2v) is 8.34. The van der Waals surface area contributed by atoms with Crippen LogP contribution in [0.1, 0.15) is 38.2 Å². The fourth-order valence-electron chi connectivity index (χ4n) is 2.89. The molecular weight excluding hydrogens is 384 g/mol. The van der Waals surface area contributed by atoms with Gasteiger partial charge in [-0.2, -0.15) is 0 Å². The Bertz CT molecular complexity index is 972. The maximum absolute atomic E-state index is 13.4. The van der Waals surface area contributed by atoms with Crippen LogP contribution in [0.2, 0.25) is 0 Å². The summed E-state index contributed by atoms with van der Waals surface area (Å²) in [5, 5.41) is 20.3. The quantitative estimate of drug-likeness (QED) is 0.500. The van der Waals surface area contributed by atoms with Gasteiger partial charge in [0.05, 0.1) is 10.6 Å². The number of nitro benzene ring substituents is 1. The molecule has 1 N–H and O–H groups in total. The van der Waals surface area contributed by atoms with Gasteiger partial charge in [-0.05, 0) is 30.0 Å². The molecule has 0 amide bonds. The van der Waals surface area contributed by atoms with Gasteiger partial charge in [0.25, 0.3) is 15.7 Å². The number of para-hydroxylation sites is 2. The summed E-state index contributed by atoms with van der Waals surface area (Å²) < 4.78 is 27.8. The highest BCUT2D eigenvalue weighted by atomic mass is 32.2. The number of anilines is 1. The predicted molar refractivity (Wildman–Crippen MR) is 105 cm³/mol. The maximum Gasteiger partial charge on any atom is 0.303 e. The van der Waals surface area contributed by atoms with Gasteiger partial charge in [0, 0.05) is 19.0 Å². The molecule has 0 aliphatic rings. The summed E-state index contributed by atoms with van der Waals surface area (Å²) in [5.74, 6) is -1.04. The van der Waals surface area contributed by atoms with Crippen molar-refractivity contribution in [3.8, 4) is 0 Å². The van der Waals surface area contributed by atoms with E-state index in [1.807, 2.05) is 13.8 Å². The van der Waals surface area contributed by atoms with E-state index in [1.54, 1.807) is 24.3 Å². The van der Waals surface area contributed by atoms with Gasteiger partial charge in [0.1, 0.15) is 0 Å². The molecule has 0 fully saturated rings. The van der Waals surface area contributed by atoms with Gasteiger partial charge in [-0.15, -0.1) is 0 Å². The van der Waals surface area contributed by atoms with Crippen molar-refractivity contribution in [1.29, 1.82) is 0 Å². The molecule has 0 spiro atoms. The summed E-state index contributed by atoms with van der Waals surface area (Å²) in [6.45, 7) is 3.71. The number of nitro groups is 1. The van der Waals surface area contributed by atoms with Crippen LogP contribution in [0.15, 0.2) is 53.4 Å². The minimum Gasteiger partial charge on any atom is -0.481 e. The lowest BCUT2D eigenvalue weighted by Crippen LogP contribution is -2.33. The van der Waals surface area contributed by atoms with Crippen molar-refractivity contribution in [2.75, 3.05) is 10.8 Å². The Morgan fingerprint density at radius 3 is 2.36 bits per heavy atom. The van der Waals surface area contributed by atoms with Crippen LogP contribution in [0.25, 0.3) is 0 Å². The Kier molecular flexibility index (Phi) is 6.74. The molecule has 0 aliphatic carbocycles. The summed E-state index contributed by atoms with van der Waals surface area (Å²) in [4.78, 5) is 21.1. The molecule has 0 saturated carbocycles. The van der Waals surface area contributed by atoms with Crippen LogP contribution in [0.4, 0.5) is 11.4 Å². The number of carbonyl (C=O) groups is 1. The van der Waals surface area contributed by atoms with Gasteiger partial charge in [-0.3, -0.25) is 19.2 Å². The molecule has 2 aromatic rings. The monoisotopic (exact) mass is 406 g/mol. The fourth-order valence-corrected chi connectivity index (χ4v) is 4.58. The minimum atomic E-state index is -4.29. The summed E-state index contributed by atoms with van der Waals surface area (Å²) in [5.41, 5.74) is 0.619. The van der Waals surface area contributed by atoms with Gasteiger partial charge >= 0.3 is 5.97 Å². The van der Waals surface area contributed by atoms with Crippen LogP contribution in [-0.4, -0.2) is 31.0 Å². The molecular formula is C19H22N2O6S. The van der Waals surface area contributed by atoms with E-state index in [0.717, 1.165) is 15.9 Å². The molecule has 0 atom stereocenters. The van der Waals surface area contributed by atoms with E-state index in [4.69, 9.17) is 5.11 Å². The molecule has 0 saturated heterocycles. The lowest BCUT2D eigenvalue weighted by Gasteiger charge is -2.27. The maximum atomic E-state index is 13.4. The van der Waals surface area contributed by atoms with Gasteiger partial charge < -0.3 is 5.11 Å². The van der Waals surface area contributed by atoms with Crippen molar-refractivity contribution in [3.63, 3.8) is 0 Å². The largest absolute Gasteiger partial charge is 0.481 e. The highest BCUT2D eigenvalue weighted by Gasteiger charge is 2.32. The van der Waals surface area contributed by atoms with E-state index in [1.165, 1.54) is 18.2 Å². The zero-order valence-corrected chi connectivity index (χ0v) is 16.4. The van der Waals surface area contributed by atoms with Crippen LogP contribution in [0.5, 0.6) is 0 Å². The molecule has 0 heterocycles. The van der Waals surface area contributed by atoms with E-state index >= 15 is 0 Å². The molecule has 0 aromatic heterocycles. The summed E-state index contributed by atoms with van der Waals surface area (Å²) >= 11 is 0. The topological polar surface area (TPSA) is 118 Å². The number of hydrogen-bond donors (Lipinski definition) is 1. The van der Waals surface area contributed by atoms with Crippen LogP contribution in [0, 0.1) is 10.1 Å². The molecule has 8 nitrogen and oxygen atoms in total. The Balaban J connectivity index is 2.62. The first-order valence-electron chi connectivity index (χ1n) is 8.73. The van der Waals surface area contributed by atoms with Crippen LogP contribution in [-0.2, 0) is 14.8 Å². The van der Waals surface area contributed by atoms with Crippen molar-refractivity contribution in [2.45, 2.75) is 37.5 Å². The van der Waals surface area contributed by atoms with Gasteiger partial charge in [0.15, 0.2) is 4.90 Å². The number of aliphatic carboxylic acids is 1. The fraction of sp³-hybridized carbons (Fsp3) is 0.316. The Hall–Kier alpha value is -2.94. The van der Waals surface area contributed by atoms with E-state index in [0.29, 0.717) is 5.69 Å². The SMILES string of the molecule is CC(C)c1ccccc1N(CCCC(=O)O)S(=O)(=O)c1ccccc1[N+](=O)[O-]. The molecule has 28 heavy (non-hydrogen) atoms. The number of sulfonamides is 1. The van der Waals surface area contributed by atoms with Gasteiger partial charge in [0.2, 0.25) is 0 Å². The molecule has 0 unspecified atom stereocenters. The standard InChI is InChI=1S/C19H22N2O6S/c1-14(2)15-8-3-4-9-16(15)20(13-7-12-19(22)23)28(26,27)18-11-6-5-10-17(18)21(24)25/h3-6,8-11,14H,7,12-13H2,1-2H3,(H,22,23). The summed E-state index contributed by atoms with van der Waals surface area (Å²) in [6.07, 6.45) is -0.144. The van der Waals surface area contributed by atoms with E-state index in [2.05, 4.69) is 0 Å².